The molecule has 0 saturated carbocycles. The summed E-state index contributed by atoms with van der Waals surface area (Å²) in [6, 6.07) is 5.41. The first-order chi connectivity index (χ1) is 9.38. The molecule has 0 heterocycles. The van der Waals surface area contributed by atoms with Crippen LogP contribution in [0.5, 0.6) is 0 Å². The summed E-state index contributed by atoms with van der Waals surface area (Å²) in [6.07, 6.45) is 2.71. The van der Waals surface area contributed by atoms with Gasteiger partial charge in [-0.25, -0.2) is 4.99 Å². The molecule has 2 rings (SSSR count). The molecule has 0 amide bonds. The first-order valence-corrected chi connectivity index (χ1v) is 6.58. The molecule has 0 unspecified atom stereocenters. The normalized spacial score (nSPS) is 17.0. The number of hydrogen-bond donors (Lipinski definition) is 1. The average molecular weight is 310 g/mol. The van der Waals surface area contributed by atoms with Crippen LogP contribution >= 0.6 is 23.2 Å². The number of ketones is 1. The van der Waals surface area contributed by atoms with Crippen LogP contribution in [0.25, 0.3) is 0 Å². The van der Waals surface area contributed by atoms with Crippen molar-refractivity contribution in [3.05, 3.63) is 46.1 Å². The number of nitrogens with two attached hydrogens (primary N) is 1. The Labute approximate surface area is 127 Å². The summed E-state index contributed by atoms with van der Waals surface area (Å²) in [5, 5.41) is 0.845. The summed E-state index contributed by atoms with van der Waals surface area (Å²) in [4.78, 5) is 17.6. The van der Waals surface area contributed by atoms with E-state index in [-0.39, 0.29) is 16.5 Å². The molecule has 1 aliphatic carbocycles. The molecule has 0 bridgehead atoms. The maximum absolute atomic E-state index is 11.3. The zero-order valence-electron chi connectivity index (χ0n) is 11.0. The van der Waals surface area contributed by atoms with Gasteiger partial charge in [0.15, 0.2) is 0 Å². The fourth-order valence-corrected chi connectivity index (χ4v) is 2.25. The molecule has 0 atom stereocenters. The van der Waals surface area contributed by atoms with Crippen molar-refractivity contribution in [2.24, 2.45) is 10.7 Å². The number of anilines is 1. The molecule has 1 aliphatic rings. The first kappa shape index (κ1) is 14.6. The summed E-state index contributed by atoms with van der Waals surface area (Å²) in [5.74, 6) is -0.310. The number of halogens is 2. The Morgan fingerprint density at radius 3 is 2.50 bits per heavy atom. The van der Waals surface area contributed by atoms with E-state index in [2.05, 4.69) is 4.99 Å². The van der Waals surface area contributed by atoms with Crippen LogP contribution in [0.2, 0.25) is 5.02 Å². The molecular formula is C14H13Cl2N3O. The van der Waals surface area contributed by atoms with Gasteiger partial charge in [-0.15, -0.1) is 0 Å². The highest BCUT2D eigenvalue weighted by Gasteiger charge is 2.15. The van der Waals surface area contributed by atoms with Gasteiger partial charge in [0.25, 0.3) is 0 Å². The summed E-state index contributed by atoms with van der Waals surface area (Å²) < 4.78 is 0. The molecule has 4 nitrogen and oxygen atoms in total. The van der Waals surface area contributed by atoms with Gasteiger partial charge in [0, 0.05) is 20.2 Å². The second-order valence-corrected chi connectivity index (χ2v) is 5.30. The number of hydrogen-bond acceptors (Lipinski definition) is 4. The Morgan fingerprint density at radius 1 is 1.20 bits per heavy atom. The summed E-state index contributed by atoms with van der Waals surface area (Å²) in [5.41, 5.74) is 7.66. The fourth-order valence-electron chi connectivity index (χ4n) is 1.71. The second kappa shape index (κ2) is 5.69. The van der Waals surface area contributed by atoms with Crippen molar-refractivity contribution in [3.8, 4) is 0 Å². The third-order valence-electron chi connectivity index (χ3n) is 2.74. The molecule has 0 aromatic heterocycles. The van der Waals surface area contributed by atoms with Crippen LogP contribution in [0.1, 0.15) is 0 Å². The Hall–Kier alpha value is -1.78. The van der Waals surface area contributed by atoms with E-state index in [0.717, 1.165) is 5.69 Å². The van der Waals surface area contributed by atoms with Crippen molar-refractivity contribution in [1.82, 2.24) is 0 Å². The highest BCUT2D eigenvalue weighted by atomic mass is 35.5. The highest BCUT2D eigenvalue weighted by Crippen LogP contribution is 2.29. The van der Waals surface area contributed by atoms with Gasteiger partial charge in [0.2, 0.25) is 5.78 Å². The van der Waals surface area contributed by atoms with E-state index < -0.39 is 0 Å². The quantitative estimate of drug-likeness (QED) is 0.854. The van der Waals surface area contributed by atoms with Gasteiger partial charge in [-0.3, -0.25) is 4.79 Å². The van der Waals surface area contributed by atoms with Crippen LogP contribution in [0.15, 0.2) is 46.1 Å². The third kappa shape index (κ3) is 3.03. The molecule has 104 valence electrons. The first-order valence-electron chi connectivity index (χ1n) is 5.83. The monoisotopic (exact) mass is 309 g/mol. The number of carbonyl (C=O) groups is 1. The standard InChI is InChI=1S/C14H13Cl2N3O/c1-19(2)13-4-3-8(5-10(13)16)18-12-7-11(17)14(20)6-9(12)15/h3-7H,17H2,1-2H3. The molecular weight excluding hydrogens is 297 g/mol. The Kier molecular flexibility index (Phi) is 4.16. The lowest BCUT2D eigenvalue weighted by molar-refractivity contribution is -0.111. The minimum Gasteiger partial charge on any atom is -0.396 e. The van der Waals surface area contributed by atoms with Crippen molar-refractivity contribution in [3.63, 3.8) is 0 Å². The number of allylic oxidation sites excluding steroid dienone is 3. The minimum atomic E-state index is -0.310. The SMILES string of the molecule is CN(C)c1ccc(N=C2C=C(N)C(=O)C=C2Cl)cc1Cl. The molecule has 0 spiro atoms. The molecule has 2 N–H and O–H groups in total. The molecule has 0 saturated heterocycles. The van der Waals surface area contributed by atoms with E-state index in [1.807, 2.05) is 31.1 Å². The number of nitrogens with zero attached hydrogens (tertiary/aromatic N) is 2. The van der Waals surface area contributed by atoms with Crippen LogP contribution in [-0.2, 0) is 4.79 Å². The fraction of sp³-hybridized carbons (Fsp3) is 0.143. The van der Waals surface area contributed by atoms with Crippen molar-refractivity contribution in [2.45, 2.75) is 0 Å². The van der Waals surface area contributed by atoms with Crippen LogP contribution < -0.4 is 10.6 Å². The molecule has 6 heteroatoms. The highest BCUT2D eigenvalue weighted by molar-refractivity contribution is 6.48. The van der Waals surface area contributed by atoms with Crippen LogP contribution in [0, 0.1) is 0 Å². The average Bonchev–Trinajstić information content (AvgIpc) is 2.35. The Balaban J connectivity index is 2.39. The second-order valence-electron chi connectivity index (χ2n) is 4.48. The van der Waals surface area contributed by atoms with Gasteiger partial charge in [0.1, 0.15) is 0 Å². The maximum Gasteiger partial charge on any atom is 0.203 e. The lowest BCUT2D eigenvalue weighted by Gasteiger charge is -2.14. The number of aliphatic imine (C=N–C) groups is 1. The van der Waals surface area contributed by atoms with Gasteiger partial charge < -0.3 is 10.6 Å². The van der Waals surface area contributed by atoms with Gasteiger partial charge in [-0.05, 0) is 24.3 Å². The summed E-state index contributed by atoms with van der Waals surface area (Å²) in [6.45, 7) is 0. The van der Waals surface area contributed by atoms with Crippen LogP contribution in [-0.4, -0.2) is 25.6 Å². The third-order valence-corrected chi connectivity index (χ3v) is 3.35. The van der Waals surface area contributed by atoms with Crippen LogP contribution in [0.3, 0.4) is 0 Å². The predicted octanol–water partition coefficient (Wildman–Crippen LogP) is 3.03. The molecule has 1 aromatic rings. The smallest absolute Gasteiger partial charge is 0.203 e. The van der Waals surface area contributed by atoms with E-state index in [9.17, 15) is 4.79 Å². The van der Waals surface area contributed by atoms with Gasteiger partial charge >= 0.3 is 0 Å². The summed E-state index contributed by atoms with van der Waals surface area (Å²) >= 11 is 12.2. The molecule has 20 heavy (non-hydrogen) atoms. The van der Waals surface area contributed by atoms with Crippen molar-refractivity contribution in [1.29, 1.82) is 0 Å². The predicted molar refractivity (Wildman–Crippen MR) is 84.1 cm³/mol. The number of rotatable bonds is 2. The van der Waals surface area contributed by atoms with Crippen molar-refractivity contribution >= 4 is 46.1 Å². The van der Waals surface area contributed by atoms with Crippen molar-refractivity contribution in [2.75, 3.05) is 19.0 Å². The number of carbonyl (C=O) groups excluding carboxylic acids is 1. The van der Waals surface area contributed by atoms with Gasteiger partial charge in [0.05, 0.1) is 32.8 Å². The van der Waals surface area contributed by atoms with E-state index in [1.54, 1.807) is 6.07 Å². The Bertz CT molecular complexity index is 660. The zero-order chi connectivity index (χ0) is 14.9. The summed E-state index contributed by atoms with van der Waals surface area (Å²) in [7, 11) is 3.81. The van der Waals surface area contributed by atoms with Crippen LogP contribution in [0.4, 0.5) is 11.4 Å². The van der Waals surface area contributed by atoms with E-state index in [0.29, 0.717) is 16.4 Å². The zero-order valence-corrected chi connectivity index (χ0v) is 12.5. The van der Waals surface area contributed by atoms with Gasteiger partial charge in [-0.2, -0.15) is 0 Å². The largest absolute Gasteiger partial charge is 0.396 e. The topological polar surface area (TPSA) is 58.7 Å². The molecule has 1 aromatic carbocycles. The van der Waals surface area contributed by atoms with Crippen molar-refractivity contribution < 1.29 is 4.79 Å². The van der Waals surface area contributed by atoms with E-state index in [1.165, 1.54) is 12.2 Å². The van der Waals surface area contributed by atoms with Gasteiger partial charge in [-0.1, -0.05) is 23.2 Å². The lowest BCUT2D eigenvalue weighted by atomic mass is 10.1. The molecule has 0 fully saturated rings. The number of benzene rings is 1. The minimum absolute atomic E-state index is 0.115. The van der Waals surface area contributed by atoms with E-state index >= 15 is 0 Å². The molecule has 0 aliphatic heterocycles. The van der Waals surface area contributed by atoms with E-state index in [4.69, 9.17) is 28.9 Å². The maximum atomic E-state index is 11.3. The lowest BCUT2D eigenvalue weighted by Crippen LogP contribution is -2.16. The molecule has 0 radical (unpaired) electrons. The Morgan fingerprint density at radius 2 is 1.90 bits per heavy atom.